The largest absolute Gasteiger partial charge is 0.468 e. The Balaban J connectivity index is 1.72. The van der Waals surface area contributed by atoms with E-state index in [4.69, 9.17) is 4.42 Å². The van der Waals surface area contributed by atoms with Gasteiger partial charge in [0, 0.05) is 17.6 Å². The van der Waals surface area contributed by atoms with Gasteiger partial charge in [-0.25, -0.2) is 9.07 Å². The van der Waals surface area contributed by atoms with E-state index in [1.165, 1.54) is 12.1 Å². The van der Waals surface area contributed by atoms with Gasteiger partial charge in [-0.2, -0.15) is 0 Å². The van der Waals surface area contributed by atoms with Crippen LogP contribution in [0.25, 0.3) is 10.9 Å². The van der Waals surface area contributed by atoms with E-state index in [0.29, 0.717) is 24.5 Å². The lowest BCUT2D eigenvalue weighted by Crippen LogP contribution is -2.37. The fourth-order valence-corrected chi connectivity index (χ4v) is 4.54. The first-order chi connectivity index (χ1) is 17.7. The Morgan fingerprint density at radius 3 is 2.57 bits per heavy atom. The smallest absolute Gasteiger partial charge is 0.253 e. The molecule has 5 aromatic rings. The van der Waals surface area contributed by atoms with Gasteiger partial charge >= 0.3 is 0 Å². The van der Waals surface area contributed by atoms with Gasteiger partial charge in [0.25, 0.3) is 5.56 Å². The van der Waals surface area contributed by atoms with Crippen molar-refractivity contribution in [2.75, 3.05) is 0 Å². The molecule has 0 radical (unpaired) electrons. The van der Waals surface area contributed by atoms with Crippen molar-refractivity contribution in [3.8, 4) is 0 Å². The van der Waals surface area contributed by atoms with Gasteiger partial charge in [0.1, 0.15) is 17.6 Å². The molecule has 1 atom stereocenters. The summed E-state index contributed by atoms with van der Waals surface area (Å²) in [5.41, 5.74) is 2.53. The number of pyridine rings is 1. The molecule has 0 amide bonds. The molecule has 3 heterocycles. The molecule has 9 heteroatoms. The minimum atomic E-state index is -0.626. The van der Waals surface area contributed by atoms with Crippen molar-refractivity contribution >= 4 is 10.9 Å². The molecule has 2 aromatic carbocycles. The number of fused-ring (bicyclic) bond motifs is 1. The Morgan fingerprint density at radius 1 is 1.08 bits per heavy atom. The number of halogens is 1. The van der Waals surface area contributed by atoms with E-state index in [1.54, 1.807) is 23.1 Å². The number of hydrogen-bond donors (Lipinski definition) is 1. The Kier molecular flexibility index (Phi) is 6.47. The minimum absolute atomic E-state index is 0.227. The molecule has 190 valence electrons. The lowest BCUT2D eigenvalue weighted by atomic mass is 10.0. The number of aryl methyl sites for hydroxylation is 1. The number of tetrazole rings is 1. The second-order valence-electron chi connectivity index (χ2n) is 10.3. The summed E-state index contributed by atoms with van der Waals surface area (Å²) >= 11 is 0. The second-order valence-corrected chi connectivity index (χ2v) is 10.3. The van der Waals surface area contributed by atoms with E-state index in [2.05, 4.69) is 25.4 Å². The van der Waals surface area contributed by atoms with E-state index in [0.717, 1.165) is 27.8 Å². The van der Waals surface area contributed by atoms with Crippen LogP contribution in [0.5, 0.6) is 0 Å². The maximum atomic E-state index is 13.7. The van der Waals surface area contributed by atoms with E-state index in [9.17, 15) is 9.18 Å². The predicted molar refractivity (Wildman–Crippen MR) is 138 cm³/mol. The highest BCUT2D eigenvalue weighted by atomic mass is 19.1. The summed E-state index contributed by atoms with van der Waals surface area (Å²) in [5.74, 6) is 0.934. The third-order valence-electron chi connectivity index (χ3n) is 6.30. The maximum Gasteiger partial charge on any atom is 0.253 e. The molecule has 1 N–H and O–H groups in total. The summed E-state index contributed by atoms with van der Waals surface area (Å²) in [6, 6.07) is 17.3. The lowest BCUT2D eigenvalue weighted by Gasteiger charge is -2.32. The third kappa shape index (κ3) is 5.22. The average Bonchev–Trinajstić information content (AvgIpc) is 3.53. The van der Waals surface area contributed by atoms with Crippen molar-refractivity contribution in [3.05, 3.63) is 111 Å². The molecule has 5 rings (SSSR count). The van der Waals surface area contributed by atoms with Gasteiger partial charge in [-0.15, -0.1) is 5.10 Å². The Hall–Kier alpha value is -4.11. The van der Waals surface area contributed by atoms with Gasteiger partial charge in [-0.05, 0) is 91.0 Å². The Bertz CT molecular complexity index is 1570. The number of furan rings is 1. The minimum Gasteiger partial charge on any atom is -0.468 e. The van der Waals surface area contributed by atoms with Crippen molar-refractivity contribution in [3.63, 3.8) is 0 Å². The van der Waals surface area contributed by atoms with Gasteiger partial charge in [-0.1, -0.05) is 24.3 Å². The zero-order chi connectivity index (χ0) is 26.2. The summed E-state index contributed by atoms with van der Waals surface area (Å²) in [6.07, 6.45) is 1.62. The fourth-order valence-electron chi connectivity index (χ4n) is 4.54. The molecule has 37 heavy (non-hydrogen) atoms. The van der Waals surface area contributed by atoms with Gasteiger partial charge in [0.2, 0.25) is 0 Å². The van der Waals surface area contributed by atoms with Crippen LogP contribution in [0, 0.1) is 12.7 Å². The summed E-state index contributed by atoms with van der Waals surface area (Å²) < 4.78 is 21.1. The normalized spacial score (nSPS) is 12.9. The van der Waals surface area contributed by atoms with Crippen LogP contribution >= 0.6 is 0 Å². The van der Waals surface area contributed by atoms with Gasteiger partial charge in [0.15, 0.2) is 5.82 Å². The number of H-pyrrole nitrogens is 1. The highest BCUT2D eigenvalue weighted by Gasteiger charge is 2.34. The first-order valence-corrected chi connectivity index (χ1v) is 12.1. The van der Waals surface area contributed by atoms with Gasteiger partial charge < -0.3 is 9.40 Å². The van der Waals surface area contributed by atoms with E-state index in [-0.39, 0.29) is 11.4 Å². The molecule has 0 fully saturated rings. The maximum absolute atomic E-state index is 13.7. The van der Waals surface area contributed by atoms with Crippen molar-refractivity contribution in [2.45, 2.75) is 52.4 Å². The van der Waals surface area contributed by atoms with Gasteiger partial charge in [0.05, 0.1) is 18.3 Å². The van der Waals surface area contributed by atoms with Crippen LogP contribution < -0.4 is 5.56 Å². The summed E-state index contributed by atoms with van der Waals surface area (Å²) in [5, 5.41) is 13.6. The number of benzene rings is 2. The molecule has 0 saturated heterocycles. The van der Waals surface area contributed by atoms with Crippen molar-refractivity contribution in [1.29, 1.82) is 0 Å². The molecule has 0 bridgehead atoms. The molecular weight excluding hydrogens is 471 g/mol. The second kappa shape index (κ2) is 9.74. The Morgan fingerprint density at radius 2 is 1.86 bits per heavy atom. The van der Waals surface area contributed by atoms with Crippen LogP contribution in [0.15, 0.2) is 76.1 Å². The molecule has 3 aromatic heterocycles. The number of hydrogen-bond acceptors (Lipinski definition) is 6. The average molecular weight is 501 g/mol. The number of nitrogens with zero attached hydrogens (tertiary/aromatic N) is 5. The molecule has 0 saturated carbocycles. The van der Waals surface area contributed by atoms with Gasteiger partial charge in [-0.3, -0.25) is 9.69 Å². The number of aromatic nitrogens is 5. The predicted octanol–water partition coefficient (Wildman–Crippen LogP) is 5.10. The number of nitrogens with one attached hydrogen (secondary N) is 1. The lowest BCUT2D eigenvalue weighted by molar-refractivity contribution is 0.171. The zero-order valence-electron chi connectivity index (χ0n) is 21.3. The first-order valence-electron chi connectivity index (χ1n) is 12.1. The summed E-state index contributed by atoms with van der Waals surface area (Å²) in [4.78, 5) is 18.7. The molecule has 0 spiro atoms. The van der Waals surface area contributed by atoms with Crippen LogP contribution in [0.3, 0.4) is 0 Å². The molecular formula is C28H29FN6O2. The molecule has 0 aliphatic carbocycles. The van der Waals surface area contributed by atoms with Crippen molar-refractivity contribution in [2.24, 2.45) is 0 Å². The topological polar surface area (TPSA) is 92.8 Å². The molecule has 8 nitrogen and oxygen atoms in total. The number of aromatic amines is 1. The fraction of sp³-hybridized carbons (Fsp3) is 0.286. The standard InChI is InChI=1S/C28H29FN6O2/c1-18-7-10-20-15-23(27(36)30-24(20)14-18)25(26-31-32-33-35(26)28(2,3)4)34(17-22-6-5-13-37-22)16-19-8-11-21(29)12-9-19/h5-15,25H,16-17H2,1-4H3,(H,30,36). The molecule has 0 aliphatic heterocycles. The van der Waals surface area contributed by atoms with E-state index in [1.807, 2.05) is 64.1 Å². The summed E-state index contributed by atoms with van der Waals surface area (Å²) in [6.45, 7) is 8.78. The first kappa shape index (κ1) is 24.6. The van der Waals surface area contributed by atoms with Crippen LogP contribution in [0.1, 0.15) is 55.1 Å². The van der Waals surface area contributed by atoms with E-state index >= 15 is 0 Å². The van der Waals surface area contributed by atoms with Crippen LogP contribution in [0.2, 0.25) is 0 Å². The SMILES string of the molecule is Cc1ccc2cc(C(c3nnnn3C(C)(C)C)N(Cc3ccc(F)cc3)Cc3ccco3)c(=O)[nH]c2c1. The van der Waals surface area contributed by atoms with Crippen LogP contribution in [-0.2, 0) is 18.6 Å². The third-order valence-corrected chi connectivity index (χ3v) is 6.30. The van der Waals surface area contributed by atoms with Crippen LogP contribution in [0.4, 0.5) is 4.39 Å². The monoisotopic (exact) mass is 500 g/mol. The quantitative estimate of drug-likeness (QED) is 0.334. The number of rotatable bonds is 7. The zero-order valence-corrected chi connectivity index (χ0v) is 21.3. The van der Waals surface area contributed by atoms with Crippen molar-refractivity contribution < 1.29 is 8.81 Å². The van der Waals surface area contributed by atoms with E-state index < -0.39 is 11.6 Å². The highest BCUT2D eigenvalue weighted by molar-refractivity contribution is 5.79. The van der Waals surface area contributed by atoms with Crippen LogP contribution in [-0.4, -0.2) is 30.1 Å². The Labute approximate surface area is 213 Å². The molecule has 0 aliphatic rings. The highest BCUT2D eigenvalue weighted by Crippen LogP contribution is 2.32. The molecule has 1 unspecified atom stereocenters. The summed E-state index contributed by atoms with van der Waals surface area (Å²) in [7, 11) is 0. The van der Waals surface area contributed by atoms with Crippen molar-refractivity contribution in [1.82, 2.24) is 30.1 Å².